The average molecular weight is 283 g/mol. The van der Waals surface area contributed by atoms with Crippen LogP contribution in [0.4, 0.5) is 0 Å². The molecular formula is C11H15N4O3S+. The van der Waals surface area contributed by atoms with E-state index in [2.05, 4.69) is 5.21 Å². The van der Waals surface area contributed by atoms with Crippen LogP contribution in [0.1, 0.15) is 13.3 Å². The van der Waals surface area contributed by atoms with E-state index in [9.17, 15) is 14.7 Å². The van der Waals surface area contributed by atoms with Crippen molar-refractivity contribution in [3.63, 3.8) is 0 Å². The van der Waals surface area contributed by atoms with Crippen LogP contribution in [0.3, 0.4) is 0 Å². The maximum absolute atomic E-state index is 11.6. The number of nitrogens with zero attached hydrogens (tertiary/aromatic N) is 4. The van der Waals surface area contributed by atoms with E-state index in [1.165, 1.54) is 4.90 Å². The van der Waals surface area contributed by atoms with Gasteiger partial charge in [0.05, 0.1) is 21.8 Å². The zero-order chi connectivity index (χ0) is 13.8. The number of aromatic nitrogens is 3. The summed E-state index contributed by atoms with van der Waals surface area (Å²) in [5.74, 6) is -1.01. The molecular weight excluding hydrogens is 268 g/mol. The Morgan fingerprint density at radius 3 is 3.00 bits per heavy atom. The molecule has 2 saturated heterocycles. The first-order valence-electron chi connectivity index (χ1n) is 6.02. The van der Waals surface area contributed by atoms with E-state index in [0.29, 0.717) is 13.0 Å². The lowest BCUT2D eigenvalue weighted by atomic mass is 9.96. The highest BCUT2D eigenvalue weighted by Crippen LogP contribution is 2.51. The topological polar surface area (TPSA) is 79.3 Å². The van der Waals surface area contributed by atoms with E-state index in [0.717, 1.165) is 0 Å². The summed E-state index contributed by atoms with van der Waals surface area (Å²) in [6.07, 6.45) is 4.05. The zero-order valence-corrected chi connectivity index (χ0v) is 11.5. The third kappa shape index (κ3) is 1.81. The van der Waals surface area contributed by atoms with Crippen molar-refractivity contribution in [1.29, 1.82) is 0 Å². The first-order valence-corrected chi connectivity index (χ1v) is 6.90. The number of β-lactam (4-membered cyclic amide) rings is 1. The van der Waals surface area contributed by atoms with E-state index in [1.54, 1.807) is 27.3 Å². The molecule has 0 spiro atoms. The monoisotopic (exact) mass is 283 g/mol. The van der Waals surface area contributed by atoms with Gasteiger partial charge in [0.2, 0.25) is 5.91 Å². The van der Waals surface area contributed by atoms with Gasteiger partial charge in [0.1, 0.15) is 19.6 Å². The van der Waals surface area contributed by atoms with Gasteiger partial charge in [-0.1, -0.05) is 0 Å². The summed E-state index contributed by atoms with van der Waals surface area (Å²) in [7, 11) is 1.81. The Morgan fingerprint density at radius 2 is 2.47 bits per heavy atom. The number of hydrogen-bond acceptors (Lipinski definition) is 4. The number of rotatable bonds is 3. The molecule has 3 heterocycles. The van der Waals surface area contributed by atoms with Gasteiger partial charge in [-0.15, -0.1) is 21.1 Å². The van der Waals surface area contributed by atoms with Gasteiger partial charge < -0.3 is 10.0 Å². The van der Waals surface area contributed by atoms with Crippen molar-refractivity contribution >= 4 is 23.6 Å². The average Bonchev–Trinajstić information content (AvgIpc) is 2.79. The van der Waals surface area contributed by atoms with E-state index >= 15 is 0 Å². The van der Waals surface area contributed by atoms with Crippen molar-refractivity contribution in [2.45, 2.75) is 36.1 Å². The third-order valence-corrected chi connectivity index (χ3v) is 5.19. The number of aliphatic carboxylic acids is 1. The van der Waals surface area contributed by atoms with Crippen molar-refractivity contribution in [3.05, 3.63) is 12.4 Å². The Kier molecular flexibility index (Phi) is 2.60. The summed E-state index contributed by atoms with van der Waals surface area (Å²) in [6.45, 7) is 2.36. The van der Waals surface area contributed by atoms with Crippen molar-refractivity contribution in [1.82, 2.24) is 14.8 Å². The van der Waals surface area contributed by atoms with Crippen LogP contribution in [0.15, 0.2) is 12.4 Å². The van der Waals surface area contributed by atoms with Crippen LogP contribution in [-0.2, 0) is 23.2 Å². The molecule has 3 atom stereocenters. The summed E-state index contributed by atoms with van der Waals surface area (Å²) >= 11 is 1.56. The fourth-order valence-corrected chi connectivity index (χ4v) is 4.55. The third-order valence-electron chi connectivity index (χ3n) is 3.63. The quantitative estimate of drug-likeness (QED) is 0.582. The Balaban J connectivity index is 1.89. The highest BCUT2D eigenvalue weighted by Gasteiger charge is 2.61. The molecule has 3 rings (SSSR count). The minimum atomic E-state index is -0.943. The molecule has 0 bridgehead atoms. The molecule has 19 heavy (non-hydrogen) atoms. The highest BCUT2D eigenvalue weighted by molar-refractivity contribution is 8.01. The van der Waals surface area contributed by atoms with Crippen molar-refractivity contribution in [2.24, 2.45) is 7.05 Å². The number of aryl methyl sites for hydroxylation is 1. The van der Waals surface area contributed by atoms with Crippen LogP contribution in [0, 0.1) is 0 Å². The number of carbonyl (C=O) groups excluding carboxylic acids is 1. The molecule has 0 saturated carbocycles. The summed E-state index contributed by atoms with van der Waals surface area (Å²) < 4.78 is 2.83. The van der Waals surface area contributed by atoms with E-state index in [1.807, 2.05) is 20.2 Å². The zero-order valence-electron chi connectivity index (χ0n) is 10.7. The molecule has 0 radical (unpaired) electrons. The van der Waals surface area contributed by atoms with Gasteiger partial charge in [-0.3, -0.25) is 4.79 Å². The number of carbonyl (C=O) groups is 2. The lowest BCUT2D eigenvalue weighted by Crippen LogP contribution is -2.58. The lowest BCUT2D eigenvalue weighted by molar-refractivity contribution is -0.732. The Bertz CT molecular complexity index is 560. The fourth-order valence-electron chi connectivity index (χ4n) is 2.80. The first kappa shape index (κ1) is 12.5. The normalized spacial score (nSPS) is 33.2. The van der Waals surface area contributed by atoms with Crippen molar-refractivity contribution in [3.8, 4) is 0 Å². The van der Waals surface area contributed by atoms with Gasteiger partial charge in [0.15, 0.2) is 12.4 Å². The molecule has 7 nitrogen and oxygen atoms in total. The van der Waals surface area contributed by atoms with Crippen LogP contribution >= 0.6 is 11.8 Å². The van der Waals surface area contributed by atoms with Crippen LogP contribution in [0.5, 0.6) is 0 Å². The highest BCUT2D eigenvalue weighted by atomic mass is 32.2. The second-order valence-electron chi connectivity index (χ2n) is 5.19. The molecule has 0 aliphatic carbocycles. The molecule has 0 aromatic carbocycles. The van der Waals surface area contributed by atoms with Crippen LogP contribution < -0.4 is 4.68 Å². The SMILES string of the molecule is C[n+]1ccn(C[C@]2(C)S[C@@H]3CC(=O)N3[C@H]2C(=O)O)n1. The molecule has 1 amide bonds. The lowest BCUT2D eigenvalue weighted by Gasteiger charge is -2.36. The van der Waals surface area contributed by atoms with Crippen LogP contribution in [-0.4, -0.2) is 47.9 Å². The fraction of sp³-hybridized carbons (Fsp3) is 0.636. The summed E-state index contributed by atoms with van der Waals surface area (Å²) in [5.41, 5.74) is 0. The summed E-state index contributed by atoms with van der Waals surface area (Å²) in [6, 6.07) is -0.779. The number of amides is 1. The van der Waals surface area contributed by atoms with Crippen LogP contribution in [0.25, 0.3) is 0 Å². The first-order chi connectivity index (χ1) is 8.90. The smallest absolute Gasteiger partial charge is 0.328 e. The van der Waals surface area contributed by atoms with Crippen molar-refractivity contribution < 1.29 is 19.4 Å². The van der Waals surface area contributed by atoms with Crippen LogP contribution in [0.2, 0.25) is 0 Å². The number of carboxylic acid groups (broad SMARTS) is 1. The van der Waals surface area contributed by atoms with Gasteiger partial charge in [-0.05, 0) is 6.92 Å². The Hall–Kier alpha value is -1.57. The minimum absolute atomic E-state index is 0.00270. The second kappa shape index (κ2) is 3.96. The van der Waals surface area contributed by atoms with E-state index < -0.39 is 16.8 Å². The van der Waals surface area contributed by atoms with E-state index in [-0.39, 0.29) is 11.3 Å². The second-order valence-corrected chi connectivity index (χ2v) is 6.90. The van der Waals surface area contributed by atoms with Crippen molar-refractivity contribution in [2.75, 3.05) is 0 Å². The summed E-state index contributed by atoms with van der Waals surface area (Å²) in [5, 5.41) is 13.7. The predicted octanol–water partition coefficient (Wildman–Crippen LogP) is -0.775. The number of fused-ring (bicyclic) bond motifs is 1. The summed E-state index contributed by atoms with van der Waals surface area (Å²) in [4.78, 5) is 24.6. The molecule has 1 N–H and O–H groups in total. The standard InChI is InChI=1S/C11H14N4O3S/c1-11(6-14-4-3-13(2)12-14)9(10(17)18)15-7(16)5-8(15)19-11/h3-4,8-9H,5-6H2,1-2H3/p+1/t8-,9+,11+/m1/s1. The molecule has 2 fully saturated rings. The molecule has 2 aliphatic rings. The van der Waals surface area contributed by atoms with Gasteiger partial charge in [0, 0.05) is 0 Å². The van der Waals surface area contributed by atoms with Gasteiger partial charge in [0.25, 0.3) is 0 Å². The molecule has 1 aromatic heterocycles. The Labute approximate surface area is 114 Å². The maximum atomic E-state index is 11.6. The number of thioether (sulfide) groups is 1. The molecule has 8 heteroatoms. The van der Waals surface area contributed by atoms with Gasteiger partial charge >= 0.3 is 5.97 Å². The van der Waals surface area contributed by atoms with E-state index in [4.69, 9.17) is 0 Å². The Morgan fingerprint density at radius 1 is 1.74 bits per heavy atom. The predicted molar refractivity (Wildman–Crippen MR) is 66.1 cm³/mol. The molecule has 0 unspecified atom stereocenters. The van der Waals surface area contributed by atoms with Gasteiger partial charge in [-0.2, -0.15) is 0 Å². The minimum Gasteiger partial charge on any atom is -0.480 e. The molecule has 2 aliphatic heterocycles. The number of hydrogen-bond donors (Lipinski definition) is 1. The number of carboxylic acids is 1. The molecule has 102 valence electrons. The largest absolute Gasteiger partial charge is 0.480 e. The van der Waals surface area contributed by atoms with Gasteiger partial charge in [-0.25, -0.2) is 4.79 Å². The molecule has 1 aromatic rings. The maximum Gasteiger partial charge on any atom is 0.328 e.